The van der Waals surface area contributed by atoms with Crippen molar-refractivity contribution in [2.24, 2.45) is 23.2 Å². The van der Waals surface area contributed by atoms with Gasteiger partial charge in [0.2, 0.25) is 0 Å². The normalized spacial score (nSPS) is 33.0. The molecule has 4 rings (SSSR count). The third-order valence-corrected chi connectivity index (χ3v) is 9.99. The monoisotopic (exact) mass is 576 g/mol. The van der Waals surface area contributed by atoms with Crippen molar-refractivity contribution in [1.29, 1.82) is 0 Å². The highest BCUT2D eigenvalue weighted by Crippen LogP contribution is 2.47. The van der Waals surface area contributed by atoms with Crippen LogP contribution in [-0.4, -0.2) is 62.8 Å². The van der Waals surface area contributed by atoms with E-state index in [2.05, 4.69) is 31.2 Å². The molecule has 7 heteroatoms. The van der Waals surface area contributed by atoms with Gasteiger partial charge in [-0.15, -0.1) is 0 Å². The van der Waals surface area contributed by atoms with Crippen LogP contribution in [0.25, 0.3) is 0 Å². The lowest BCUT2D eigenvalue weighted by molar-refractivity contribution is -0.193. The van der Waals surface area contributed by atoms with Crippen LogP contribution in [0.3, 0.4) is 0 Å². The van der Waals surface area contributed by atoms with Crippen LogP contribution >= 0.6 is 0 Å². The maximum Gasteiger partial charge on any atom is 0.312 e. The Balaban J connectivity index is 1.36. The van der Waals surface area contributed by atoms with Gasteiger partial charge >= 0.3 is 5.97 Å². The van der Waals surface area contributed by atoms with E-state index in [-0.39, 0.29) is 41.9 Å². The maximum atomic E-state index is 13.1. The fraction of sp³-hybridized carbons (Fsp3) is 0.853. The van der Waals surface area contributed by atoms with Gasteiger partial charge < -0.3 is 28.8 Å². The molecule has 0 radical (unpaired) electrons. The molecule has 2 aliphatic heterocycles. The van der Waals surface area contributed by atoms with Crippen LogP contribution in [0.15, 0.2) is 24.3 Å². The van der Waals surface area contributed by atoms with Gasteiger partial charge in [0.25, 0.3) is 0 Å². The van der Waals surface area contributed by atoms with E-state index in [9.17, 15) is 9.90 Å². The minimum atomic E-state index is -0.432. The second-order valence-corrected chi connectivity index (χ2v) is 12.7. The van der Waals surface area contributed by atoms with E-state index in [1.54, 1.807) is 0 Å². The highest BCUT2D eigenvalue weighted by molar-refractivity contribution is 5.77. The third kappa shape index (κ3) is 9.12. The summed E-state index contributed by atoms with van der Waals surface area (Å²) >= 11 is 0. The van der Waals surface area contributed by atoms with Gasteiger partial charge in [0.05, 0.1) is 31.3 Å². The van der Waals surface area contributed by atoms with Gasteiger partial charge in [0.1, 0.15) is 0 Å². The van der Waals surface area contributed by atoms with E-state index < -0.39 is 6.10 Å². The van der Waals surface area contributed by atoms with Crippen LogP contribution in [0.4, 0.5) is 0 Å². The number of aliphatic hydroxyl groups is 1. The second kappa shape index (κ2) is 17.1. The number of carbonyl (C=O) groups is 1. The molecule has 7 nitrogen and oxygen atoms in total. The highest BCUT2D eigenvalue weighted by Gasteiger charge is 2.46. The summed E-state index contributed by atoms with van der Waals surface area (Å²) in [4.78, 5) is 13.1. The zero-order valence-electron chi connectivity index (χ0n) is 25.7. The predicted molar refractivity (Wildman–Crippen MR) is 159 cm³/mol. The number of carbonyl (C=O) groups excluding carboxylic acids is 1. The number of rotatable bonds is 15. The van der Waals surface area contributed by atoms with Crippen molar-refractivity contribution in [1.82, 2.24) is 0 Å². The number of aliphatic hydroxyl groups excluding tert-OH is 1. The first-order chi connectivity index (χ1) is 20.1. The molecule has 2 heterocycles. The molecule has 0 amide bonds. The van der Waals surface area contributed by atoms with E-state index in [1.165, 1.54) is 20.0 Å². The molecule has 0 aromatic carbocycles. The van der Waals surface area contributed by atoms with E-state index in [0.29, 0.717) is 18.9 Å². The number of allylic oxidation sites excluding steroid dienone is 2. The van der Waals surface area contributed by atoms with E-state index in [1.807, 2.05) is 0 Å². The molecule has 4 aliphatic rings. The van der Waals surface area contributed by atoms with Crippen molar-refractivity contribution in [3.05, 3.63) is 24.3 Å². The van der Waals surface area contributed by atoms with Crippen molar-refractivity contribution in [2.75, 3.05) is 26.9 Å². The van der Waals surface area contributed by atoms with Crippen LogP contribution in [0, 0.1) is 23.2 Å². The smallest absolute Gasteiger partial charge is 0.312 e. The average Bonchev–Trinajstić information content (AvgIpc) is 3.64. The van der Waals surface area contributed by atoms with Crippen LogP contribution in [0.1, 0.15) is 110 Å². The van der Waals surface area contributed by atoms with Crippen molar-refractivity contribution in [3.8, 4) is 0 Å². The molecule has 1 N–H and O–H groups in total. The summed E-state index contributed by atoms with van der Waals surface area (Å²) in [6, 6.07) is 0. The summed E-state index contributed by atoms with van der Waals surface area (Å²) in [7, 11) is 1.54. The summed E-state index contributed by atoms with van der Waals surface area (Å²) in [5, 5.41) is 11.1. The Hall–Kier alpha value is -1.25. The molecule has 0 aromatic heterocycles. The minimum absolute atomic E-state index is 0.0261. The number of esters is 1. The Kier molecular flexibility index (Phi) is 13.7. The van der Waals surface area contributed by atoms with Crippen LogP contribution in [0.2, 0.25) is 0 Å². The van der Waals surface area contributed by atoms with Gasteiger partial charge in [-0.1, -0.05) is 50.5 Å². The molecule has 3 unspecified atom stereocenters. The Morgan fingerprint density at radius 2 is 1.63 bits per heavy atom. The van der Waals surface area contributed by atoms with E-state index in [0.717, 1.165) is 96.7 Å². The fourth-order valence-corrected chi connectivity index (χ4v) is 7.80. The van der Waals surface area contributed by atoms with Crippen LogP contribution in [0.5, 0.6) is 0 Å². The lowest BCUT2D eigenvalue weighted by atomic mass is 9.68. The zero-order chi connectivity index (χ0) is 28.9. The molecule has 0 aromatic rings. The molecular formula is C34H56O7. The van der Waals surface area contributed by atoms with E-state index in [4.69, 9.17) is 23.7 Å². The quantitative estimate of drug-likeness (QED) is 0.168. The average molecular weight is 577 g/mol. The summed E-state index contributed by atoms with van der Waals surface area (Å²) < 4.78 is 29.3. The standard InChI is InChI=1S/C34H56O7/c1-3-20-34(33(36)37-2,26-14-6-7-15-26)21-10-4-5-16-27-28(17-13-24-39-31-18-8-11-22-38-31)30(25-29(27)35)41-32-19-9-12-23-40-32/h4-5,13,17,26-32,35H,3,6-12,14-16,18-25H2,1-2H3/t27-,28-,29+,30-,31?,32?,34?/m1/s1. The van der Waals surface area contributed by atoms with Crippen molar-refractivity contribution in [2.45, 2.75) is 134 Å². The van der Waals surface area contributed by atoms with Crippen molar-refractivity contribution < 1.29 is 33.6 Å². The topological polar surface area (TPSA) is 83.5 Å². The molecular weight excluding hydrogens is 520 g/mol. The van der Waals surface area contributed by atoms with Crippen molar-refractivity contribution in [3.63, 3.8) is 0 Å². The molecule has 234 valence electrons. The molecule has 2 saturated carbocycles. The second-order valence-electron chi connectivity index (χ2n) is 12.7. The van der Waals surface area contributed by atoms with Crippen LogP contribution in [-0.2, 0) is 28.5 Å². The first kappa shape index (κ1) is 32.7. The van der Waals surface area contributed by atoms with E-state index >= 15 is 0 Å². The molecule has 0 bridgehead atoms. The largest absolute Gasteiger partial charge is 0.469 e. The summed E-state index contributed by atoms with van der Waals surface area (Å²) in [6.07, 6.45) is 23.8. The van der Waals surface area contributed by atoms with Crippen molar-refractivity contribution >= 4 is 5.97 Å². The number of hydrogen-bond donors (Lipinski definition) is 1. The Labute approximate surface area is 248 Å². The number of hydrogen-bond acceptors (Lipinski definition) is 7. The van der Waals surface area contributed by atoms with Gasteiger partial charge in [-0.2, -0.15) is 0 Å². The fourth-order valence-electron chi connectivity index (χ4n) is 7.80. The summed E-state index contributed by atoms with van der Waals surface area (Å²) in [5.74, 6) is 0.555. The minimum Gasteiger partial charge on any atom is -0.469 e. The van der Waals surface area contributed by atoms with Crippen LogP contribution < -0.4 is 0 Å². The zero-order valence-corrected chi connectivity index (χ0v) is 25.7. The molecule has 7 atom stereocenters. The lowest BCUT2D eigenvalue weighted by Crippen LogP contribution is -2.38. The summed E-state index contributed by atoms with van der Waals surface area (Å²) in [6.45, 7) is 4.19. The molecule has 0 spiro atoms. The lowest BCUT2D eigenvalue weighted by Gasteiger charge is -2.36. The van der Waals surface area contributed by atoms with Gasteiger partial charge in [0, 0.05) is 25.6 Å². The molecule has 4 fully saturated rings. The SMILES string of the molecule is CCCC(CCC=CC[C@@H]1[C@@H](C=CCOC2CCCCO2)[C@H](OC2CCCCO2)C[C@@H]1O)(C(=O)OC)C1CCCC1. The molecule has 2 aliphatic carbocycles. The van der Waals surface area contributed by atoms with Gasteiger partial charge in [-0.25, -0.2) is 0 Å². The Morgan fingerprint density at radius 3 is 2.29 bits per heavy atom. The first-order valence-electron chi connectivity index (χ1n) is 16.7. The predicted octanol–water partition coefficient (Wildman–Crippen LogP) is 6.87. The number of methoxy groups -OCH3 is 1. The summed E-state index contributed by atoms with van der Waals surface area (Å²) in [5.41, 5.74) is -0.372. The van der Waals surface area contributed by atoms with Gasteiger partial charge in [0.15, 0.2) is 12.6 Å². The first-order valence-corrected chi connectivity index (χ1v) is 16.7. The Morgan fingerprint density at radius 1 is 0.927 bits per heavy atom. The van der Waals surface area contributed by atoms with Gasteiger partial charge in [-0.05, 0) is 88.9 Å². The third-order valence-electron chi connectivity index (χ3n) is 9.99. The molecule has 2 saturated heterocycles. The van der Waals surface area contributed by atoms with Gasteiger partial charge in [-0.3, -0.25) is 4.79 Å². The molecule has 41 heavy (non-hydrogen) atoms. The Bertz CT molecular complexity index is 810. The highest BCUT2D eigenvalue weighted by atomic mass is 16.7. The maximum absolute atomic E-state index is 13.1. The number of ether oxygens (including phenoxy) is 5.